The van der Waals surface area contributed by atoms with Gasteiger partial charge in [-0.3, -0.25) is 9.59 Å². The molecule has 0 unspecified atom stereocenters. The lowest BCUT2D eigenvalue weighted by atomic mass is 10.1. The number of hydrogen-bond acceptors (Lipinski definition) is 3. The molecule has 0 aromatic heterocycles. The van der Waals surface area contributed by atoms with Crippen molar-refractivity contribution < 1.29 is 9.59 Å². The van der Waals surface area contributed by atoms with Crippen LogP contribution >= 0.6 is 0 Å². The van der Waals surface area contributed by atoms with E-state index in [-0.39, 0.29) is 11.8 Å². The van der Waals surface area contributed by atoms with Crippen molar-refractivity contribution in [3.63, 3.8) is 0 Å². The normalized spacial score (nSPS) is 14.4. The summed E-state index contributed by atoms with van der Waals surface area (Å²) in [4.78, 5) is 29.0. The van der Waals surface area contributed by atoms with E-state index in [9.17, 15) is 9.59 Å². The molecule has 1 saturated heterocycles. The van der Waals surface area contributed by atoms with Crippen molar-refractivity contribution in [3.05, 3.63) is 70.8 Å². The van der Waals surface area contributed by atoms with E-state index < -0.39 is 0 Å². The molecule has 0 radical (unpaired) electrons. The topological polar surface area (TPSA) is 64.4 Å². The van der Waals surface area contributed by atoms with Gasteiger partial charge in [-0.05, 0) is 37.1 Å². The molecule has 138 valence electrons. The number of hydrogen-bond donors (Lipinski definition) is 0. The highest BCUT2D eigenvalue weighted by molar-refractivity contribution is 5.94. The highest BCUT2D eigenvalue weighted by Gasteiger charge is 2.23. The van der Waals surface area contributed by atoms with E-state index in [0.717, 1.165) is 17.5 Å². The van der Waals surface area contributed by atoms with Crippen molar-refractivity contribution in [2.45, 2.75) is 19.8 Å². The summed E-state index contributed by atoms with van der Waals surface area (Å²) in [5.74, 6) is 0.0152. The first-order valence-corrected chi connectivity index (χ1v) is 9.19. The molecule has 2 amide bonds. The number of amides is 2. The number of nitriles is 1. The van der Waals surface area contributed by atoms with Crippen molar-refractivity contribution in [1.29, 1.82) is 5.26 Å². The molecule has 0 bridgehead atoms. The molecular formula is C22H23N3O2. The summed E-state index contributed by atoms with van der Waals surface area (Å²) in [7, 11) is 0. The van der Waals surface area contributed by atoms with E-state index in [1.165, 1.54) is 0 Å². The van der Waals surface area contributed by atoms with Crippen LogP contribution in [0.3, 0.4) is 0 Å². The standard InChI is InChI=1S/C22H23N3O2/c1-17-5-2-6-18(13-17)15-21(26)24-9-4-10-25(12-11-24)22(27)20-8-3-7-19(14-20)16-23/h2-3,5-8,13-14H,4,9-12,15H2,1H3. The van der Waals surface area contributed by atoms with E-state index >= 15 is 0 Å². The fourth-order valence-corrected chi connectivity index (χ4v) is 3.38. The van der Waals surface area contributed by atoms with Gasteiger partial charge in [0.15, 0.2) is 0 Å². The molecule has 1 heterocycles. The number of carbonyl (C=O) groups is 2. The van der Waals surface area contributed by atoms with E-state index in [1.807, 2.05) is 36.1 Å². The van der Waals surface area contributed by atoms with Crippen LogP contribution in [0.15, 0.2) is 48.5 Å². The Hall–Kier alpha value is -3.13. The monoisotopic (exact) mass is 361 g/mol. The molecule has 0 aliphatic carbocycles. The molecule has 27 heavy (non-hydrogen) atoms. The number of nitrogens with zero attached hydrogens (tertiary/aromatic N) is 3. The van der Waals surface area contributed by atoms with Crippen LogP contribution in [0.4, 0.5) is 0 Å². The molecule has 0 spiro atoms. The summed E-state index contributed by atoms with van der Waals surface area (Å²) in [5, 5.41) is 9.01. The smallest absolute Gasteiger partial charge is 0.253 e. The van der Waals surface area contributed by atoms with Gasteiger partial charge in [0.25, 0.3) is 5.91 Å². The lowest BCUT2D eigenvalue weighted by Crippen LogP contribution is -2.38. The number of aryl methyl sites for hydroxylation is 1. The SMILES string of the molecule is Cc1cccc(CC(=O)N2CCCN(C(=O)c3cccc(C#N)c3)CC2)c1. The number of rotatable bonds is 3. The molecule has 0 N–H and O–H groups in total. The fourth-order valence-electron chi connectivity index (χ4n) is 3.38. The Morgan fingerprint density at radius 3 is 2.52 bits per heavy atom. The van der Waals surface area contributed by atoms with Crippen LogP contribution in [0.1, 0.15) is 33.5 Å². The van der Waals surface area contributed by atoms with Crippen LogP contribution in [0.5, 0.6) is 0 Å². The minimum Gasteiger partial charge on any atom is -0.341 e. The third kappa shape index (κ3) is 4.73. The maximum Gasteiger partial charge on any atom is 0.253 e. The summed E-state index contributed by atoms with van der Waals surface area (Å²) >= 11 is 0. The average Bonchev–Trinajstić information content (AvgIpc) is 2.94. The van der Waals surface area contributed by atoms with Gasteiger partial charge in [0, 0.05) is 31.7 Å². The average molecular weight is 361 g/mol. The molecule has 1 aliphatic rings. The molecule has 5 heteroatoms. The Bertz CT molecular complexity index is 885. The van der Waals surface area contributed by atoms with E-state index in [4.69, 9.17) is 5.26 Å². The van der Waals surface area contributed by atoms with Gasteiger partial charge in [-0.2, -0.15) is 5.26 Å². The van der Waals surface area contributed by atoms with Crippen molar-refractivity contribution >= 4 is 11.8 Å². The first-order valence-electron chi connectivity index (χ1n) is 9.19. The maximum absolute atomic E-state index is 12.7. The van der Waals surface area contributed by atoms with Gasteiger partial charge in [0.2, 0.25) is 5.91 Å². The molecule has 2 aromatic rings. The Morgan fingerprint density at radius 2 is 1.74 bits per heavy atom. The van der Waals surface area contributed by atoms with Crippen LogP contribution in [0.2, 0.25) is 0 Å². The zero-order valence-electron chi connectivity index (χ0n) is 15.5. The van der Waals surface area contributed by atoms with Crippen LogP contribution in [-0.2, 0) is 11.2 Å². The van der Waals surface area contributed by atoms with Gasteiger partial charge in [-0.25, -0.2) is 0 Å². The van der Waals surface area contributed by atoms with Gasteiger partial charge in [0.1, 0.15) is 0 Å². The van der Waals surface area contributed by atoms with Crippen LogP contribution < -0.4 is 0 Å². The molecule has 0 atom stereocenters. The lowest BCUT2D eigenvalue weighted by Gasteiger charge is -2.22. The van der Waals surface area contributed by atoms with Crippen molar-refractivity contribution in [2.24, 2.45) is 0 Å². The second kappa shape index (κ2) is 8.50. The van der Waals surface area contributed by atoms with Gasteiger partial charge in [0.05, 0.1) is 18.1 Å². The predicted octanol–water partition coefficient (Wildman–Crippen LogP) is 2.78. The number of carbonyl (C=O) groups excluding carboxylic acids is 2. The Labute approximate surface area is 159 Å². The Kier molecular flexibility index (Phi) is 5.87. The minimum absolute atomic E-state index is 0.0833. The zero-order valence-corrected chi connectivity index (χ0v) is 15.5. The second-order valence-corrected chi connectivity index (χ2v) is 6.88. The Balaban J connectivity index is 1.62. The molecular weight excluding hydrogens is 338 g/mol. The highest BCUT2D eigenvalue weighted by Crippen LogP contribution is 2.13. The summed E-state index contributed by atoms with van der Waals surface area (Å²) in [6.07, 6.45) is 1.14. The first-order chi connectivity index (χ1) is 13.1. The van der Waals surface area contributed by atoms with Gasteiger partial charge in [-0.1, -0.05) is 35.9 Å². The van der Waals surface area contributed by atoms with Crippen molar-refractivity contribution in [2.75, 3.05) is 26.2 Å². The van der Waals surface area contributed by atoms with E-state index in [0.29, 0.717) is 43.7 Å². The largest absolute Gasteiger partial charge is 0.341 e. The minimum atomic E-state index is -0.0833. The molecule has 3 rings (SSSR count). The quantitative estimate of drug-likeness (QED) is 0.844. The number of benzene rings is 2. The van der Waals surface area contributed by atoms with Gasteiger partial charge < -0.3 is 9.80 Å². The molecule has 5 nitrogen and oxygen atoms in total. The summed E-state index contributed by atoms with van der Waals surface area (Å²) in [6, 6.07) is 16.8. The van der Waals surface area contributed by atoms with Crippen molar-refractivity contribution in [3.8, 4) is 6.07 Å². The van der Waals surface area contributed by atoms with Gasteiger partial charge in [-0.15, -0.1) is 0 Å². The Morgan fingerprint density at radius 1 is 1.00 bits per heavy atom. The molecule has 1 fully saturated rings. The van der Waals surface area contributed by atoms with Crippen LogP contribution in [-0.4, -0.2) is 47.8 Å². The zero-order chi connectivity index (χ0) is 19.2. The molecule has 2 aromatic carbocycles. The third-order valence-corrected chi connectivity index (χ3v) is 4.81. The lowest BCUT2D eigenvalue weighted by molar-refractivity contribution is -0.130. The molecule has 1 aliphatic heterocycles. The predicted molar refractivity (Wildman–Crippen MR) is 103 cm³/mol. The van der Waals surface area contributed by atoms with Crippen LogP contribution in [0.25, 0.3) is 0 Å². The molecule has 0 saturated carbocycles. The van der Waals surface area contributed by atoms with E-state index in [1.54, 1.807) is 29.2 Å². The summed E-state index contributed by atoms with van der Waals surface area (Å²) in [6.45, 7) is 4.34. The van der Waals surface area contributed by atoms with Crippen LogP contribution in [0, 0.1) is 18.3 Å². The summed E-state index contributed by atoms with van der Waals surface area (Å²) < 4.78 is 0. The fraction of sp³-hybridized carbons (Fsp3) is 0.318. The van der Waals surface area contributed by atoms with Gasteiger partial charge >= 0.3 is 0 Å². The van der Waals surface area contributed by atoms with E-state index in [2.05, 4.69) is 6.07 Å². The highest BCUT2D eigenvalue weighted by atomic mass is 16.2. The second-order valence-electron chi connectivity index (χ2n) is 6.88. The maximum atomic E-state index is 12.7. The first kappa shape index (κ1) is 18.7. The summed E-state index contributed by atoms with van der Waals surface area (Å²) in [5.41, 5.74) is 3.16. The van der Waals surface area contributed by atoms with Crippen molar-refractivity contribution in [1.82, 2.24) is 9.80 Å². The third-order valence-electron chi connectivity index (χ3n) is 4.81.